The first kappa shape index (κ1) is 14.5. The van der Waals surface area contributed by atoms with E-state index in [1.54, 1.807) is 13.8 Å². The predicted octanol–water partition coefficient (Wildman–Crippen LogP) is 0.821. The van der Waals surface area contributed by atoms with E-state index in [1.165, 1.54) is 4.31 Å². The molecule has 2 unspecified atom stereocenters. The molecule has 6 heteroatoms. The average Bonchev–Trinajstić information content (AvgIpc) is 2.67. The van der Waals surface area contributed by atoms with E-state index in [1.807, 2.05) is 24.3 Å². The zero-order chi connectivity index (χ0) is 14.0. The Morgan fingerprint density at radius 2 is 1.95 bits per heavy atom. The van der Waals surface area contributed by atoms with Gasteiger partial charge in [-0.1, -0.05) is 38.1 Å². The Morgan fingerprint density at radius 1 is 1.32 bits per heavy atom. The first-order valence-electron chi connectivity index (χ1n) is 6.52. The molecule has 5 nitrogen and oxygen atoms in total. The zero-order valence-electron chi connectivity index (χ0n) is 11.2. The summed E-state index contributed by atoms with van der Waals surface area (Å²) in [4.78, 5) is 0. The highest BCUT2D eigenvalue weighted by Gasteiger charge is 2.35. The molecule has 0 heterocycles. The van der Waals surface area contributed by atoms with Crippen LogP contribution in [0.5, 0.6) is 0 Å². The van der Waals surface area contributed by atoms with Crippen LogP contribution in [0.2, 0.25) is 0 Å². The Hall–Kier alpha value is -0.950. The number of fused-ring (bicyclic) bond motifs is 1. The van der Waals surface area contributed by atoms with E-state index >= 15 is 0 Å². The second-order valence-electron chi connectivity index (χ2n) is 4.66. The summed E-state index contributed by atoms with van der Waals surface area (Å²) < 4.78 is 28.4. The topological polar surface area (TPSA) is 69.6 Å². The van der Waals surface area contributed by atoms with Crippen LogP contribution in [0.3, 0.4) is 0 Å². The quantitative estimate of drug-likeness (QED) is 0.841. The highest BCUT2D eigenvalue weighted by molar-refractivity contribution is 7.87. The largest absolute Gasteiger partial charge is 0.391 e. The van der Waals surface area contributed by atoms with Gasteiger partial charge in [-0.3, -0.25) is 0 Å². The van der Waals surface area contributed by atoms with Crippen molar-refractivity contribution in [3.8, 4) is 0 Å². The average molecular weight is 284 g/mol. The summed E-state index contributed by atoms with van der Waals surface area (Å²) in [7, 11) is -3.56. The summed E-state index contributed by atoms with van der Waals surface area (Å²) in [6.45, 7) is 4.41. The minimum absolute atomic E-state index is 0.413. The van der Waals surface area contributed by atoms with Gasteiger partial charge in [-0.15, -0.1) is 0 Å². The number of hydrogen-bond acceptors (Lipinski definition) is 3. The third-order valence-electron chi connectivity index (χ3n) is 3.53. The standard InChI is InChI=1S/C13H20N2O3S/c1-3-15(4-2)19(17,18)14-13-11-8-6-5-7-10(11)9-12(13)16/h5-8,12-14,16H,3-4,9H2,1-2H3. The number of aliphatic hydroxyl groups excluding tert-OH is 1. The first-order valence-corrected chi connectivity index (χ1v) is 7.96. The van der Waals surface area contributed by atoms with Gasteiger partial charge >= 0.3 is 0 Å². The molecule has 0 amide bonds. The van der Waals surface area contributed by atoms with Gasteiger partial charge in [0.15, 0.2) is 0 Å². The van der Waals surface area contributed by atoms with Gasteiger partial charge in [-0.2, -0.15) is 17.4 Å². The Morgan fingerprint density at radius 3 is 2.58 bits per heavy atom. The Kier molecular flexibility index (Phi) is 4.25. The van der Waals surface area contributed by atoms with Crippen LogP contribution < -0.4 is 4.72 Å². The fourth-order valence-corrected chi connectivity index (χ4v) is 3.95. The van der Waals surface area contributed by atoms with Crippen LogP contribution in [0, 0.1) is 0 Å². The van der Waals surface area contributed by atoms with Gasteiger partial charge in [0.05, 0.1) is 12.1 Å². The number of rotatable bonds is 5. The lowest BCUT2D eigenvalue weighted by Gasteiger charge is -2.24. The van der Waals surface area contributed by atoms with E-state index in [4.69, 9.17) is 0 Å². The SMILES string of the molecule is CCN(CC)S(=O)(=O)NC1c2ccccc2CC1O. The maximum atomic E-state index is 12.2. The van der Waals surface area contributed by atoms with Crippen molar-refractivity contribution in [2.45, 2.75) is 32.4 Å². The van der Waals surface area contributed by atoms with E-state index in [2.05, 4.69) is 4.72 Å². The van der Waals surface area contributed by atoms with Crippen molar-refractivity contribution in [1.29, 1.82) is 0 Å². The van der Waals surface area contributed by atoms with Gasteiger partial charge in [0.1, 0.15) is 0 Å². The van der Waals surface area contributed by atoms with E-state index in [-0.39, 0.29) is 0 Å². The summed E-state index contributed by atoms with van der Waals surface area (Å²) in [6.07, 6.45) is -0.218. The number of hydrogen-bond donors (Lipinski definition) is 2. The molecule has 0 saturated heterocycles. The van der Waals surface area contributed by atoms with Gasteiger partial charge in [0.25, 0.3) is 10.2 Å². The minimum Gasteiger partial charge on any atom is -0.391 e. The molecule has 0 fully saturated rings. The van der Waals surface area contributed by atoms with Crippen molar-refractivity contribution in [2.24, 2.45) is 0 Å². The highest BCUT2D eigenvalue weighted by Crippen LogP contribution is 2.31. The van der Waals surface area contributed by atoms with Crippen molar-refractivity contribution in [3.63, 3.8) is 0 Å². The number of nitrogens with zero attached hydrogens (tertiary/aromatic N) is 1. The zero-order valence-corrected chi connectivity index (χ0v) is 12.0. The maximum Gasteiger partial charge on any atom is 0.280 e. The molecule has 0 radical (unpaired) electrons. The lowest BCUT2D eigenvalue weighted by molar-refractivity contribution is 0.150. The molecule has 0 saturated carbocycles. The lowest BCUT2D eigenvalue weighted by Crippen LogP contribution is -2.44. The molecule has 0 spiro atoms. The van der Waals surface area contributed by atoms with Crippen molar-refractivity contribution in [3.05, 3.63) is 35.4 Å². The molecule has 2 rings (SSSR count). The summed E-state index contributed by atoms with van der Waals surface area (Å²) in [5.41, 5.74) is 1.87. The second-order valence-corrected chi connectivity index (χ2v) is 6.36. The molecule has 1 aliphatic carbocycles. The van der Waals surface area contributed by atoms with E-state index in [0.29, 0.717) is 19.5 Å². The normalized spacial score (nSPS) is 22.7. The Balaban J connectivity index is 2.24. The molecule has 0 bridgehead atoms. The van der Waals surface area contributed by atoms with Gasteiger partial charge < -0.3 is 5.11 Å². The van der Waals surface area contributed by atoms with E-state index in [0.717, 1.165) is 11.1 Å². The first-order chi connectivity index (χ1) is 8.99. The monoisotopic (exact) mass is 284 g/mol. The third kappa shape index (κ3) is 2.81. The van der Waals surface area contributed by atoms with Crippen LogP contribution in [-0.4, -0.2) is 37.0 Å². The van der Waals surface area contributed by atoms with Crippen LogP contribution in [0.4, 0.5) is 0 Å². The second kappa shape index (κ2) is 5.58. The molecule has 0 aromatic heterocycles. The molecule has 2 atom stereocenters. The van der Waals surface area contributed by atoms with Crippen molar-refractivity contribution < 1.29 is 13.5 Å². The molecule has 1 aromatic carbocycles. The summed E-state index contributed by atoms with van der Waals surface area (Å²) in [6, 6.07) is 6.98. The van der Waals surface area contributed by atoms with Gasteiger partial charge in [-0.05, 0) is 11.1 Å². The number of nitrogens with one attached hydrogen (secondary N) is 1. The number of benzene rings is 1. The molecule has 19 heavy (non-hydrogen) atoms. The third-order valence-corrected chi connectivity index (χ3v) is 5.27. The fourth-order valence-electron chi connectivity index (χ4n) is 2.51. The molecular weight excluding hydrogens is 264 g/mol. The Labute approximate surface area is 114 Å². The Bertz CT molecular complexity index is 541. The smallest absolute Gasteiger partial charge is 0.280 e. The highest BCUT2D eigenvalue weighted by atomic mass is 32.2. The fraction of sp³-hybridized carbons (Fsp3) is 0.538. The molecule has 1 aromatic rings. The molecule has 0 aliphatic heterocycles. The van der Waals surface area contributed by atoms with Crippen LogP contribution in [0.25, 0.3) is 0 Å². The molecule has 2 N–H and O–H groups in total. The van der Waals surface area contributed by atoms with Crippen LogP contribution >= 0.6 is 0 Å². The molecular formula is C13H20N2O3S. The van der Waals surface area contributed by atoms with Crippen LogP contribution in [0.1, 0.15) is 31.0 Å². The van der Waals surface area contributed by atoms with Gasteiger partial charge in [-0.25, -0.2) is 0 Å². The van der Waals surface area contributed by atoms with Gasteiger partial charge in [0.2, 0.25) is 0 Å². The maximum absolute atomic E-state index is 12.2. The van der Waals surface area contributed by atoms with Gasteiger partial charge in [0, 0.05) is 19.5 Å². The van der Waals surface area contributed by atoms with Crippen molar-refractivity contribution in [1.82, 2.24) is 9.03 Å². The summed E-state index contributed by atoms with van der Waals surface area (Å²) >= 11 is 0. The van der Waals surface area contributed by atoms with E-state index in [9.17, 15) is 13.5 Å². The summed E-state index contributed by atoms with van der Waals surface area (Å²) in [5.74, 6) is 0. The van der Waals surface area contributed by atoms with Crippen LogP contribution in [0.15, 0.2) is 24.3 Å². The predicted molar refractivity (Wildman–Crippen MR) is 73.9 cm³/mol. The van der Waals surface area contributed by atoms with Crippen LogP contribution in [-0.2, 0) is 16.6 Å². The van der Waals surface area contributed by atoms with Crippen molar-refractivity contribution in [2.75, 3.05) is 13.1 Å². The lowest BCUT2D eigenvalue weighted by atomic mass is 10.1. The molecule has 106 valence electrons. The minimum atomic E-state index is -3.56. The van der Waals surface area contributed by atoms with E-state index < -0.39 is 22.4 Å². The molecule has 1 aliphatic rings. The van der Waals surface area contributed by atoms with Crippen molar-refractivity contribution >= 4 is 10.2 Å². The number of aliphatic hydroxyl groups is 1. The summed E-state index contributed by atoms with van der Waals surface area (Å²) in [5, 5.41) is 10.1.